The zero-order valence-electron chi connectivity index (χ0n) is 9.85. The van der Waals surface area contributed by atoms with Gasteiger partial charge in [0.05, 0.1) is 13.7 Å². The van der Waals surface area contributed by atoms with Crippen LogP contribution >= 0.6 is 11.6 Å². The first-order valence-electron chi connectivity index (χ1n) is 4.94. The number of primary amides is 1. The molecule has 0 bridgehead atoms. The number of methoxy groups -OCH3 is 1. The number of carbonyl (C=O) groups excluding carboxylic acids is 1. The van der Waals surface area contributed by atoms with Gasteiger partial charge in [0.2, 0.25) is 17.1 Å². The number of aromatic nitrogens is 3. The molecule has 17 heavy (non-hydrogen) atoms. The summed E-state index contributed by atoms with van der Waals surface area (Å²) in [6, 6.07) is 0.0841. The van der Waals surface area contributed by atoms with Crippen LogP contribution in [0.5, 0.6) is 6.01 Å². The fourth-order valence-electron chi connectivity index (χ4n) is 1.19. The van der Waals surface area contributed by atoms with E-state index in [-0.39, 0.29) is 29.8 Å². The highest BCUT2D eigenvalue weighted by molar-refractivity contribution is 6.28. The Balaban J connectivity index is 3.08. The summed E-state index contributed by atoms with van der Waals surface area (Å²) in [7, 11) is 1.42. The summed E-state index contributed by atoms with van der Waals surface area (Å²) in [4.78, 5) is 24.3. The molecular formula is C9H14ClN5O2. The van der Waals surface area contributed by atoms with Crippen molar-refractivity contribution >= 4 is 23.5 Å². The van der Waals surface area contributed by atoms with Crippen LogP contribution in [0.1, 0.15) is 13.8 Å². The third-order valence-corrected chi connectivity index (χ3v) is 2.13. The molecule has 1 aromatic rings. The molecule has 0 unspecified atom stereocenters. The zero-order chi connectivity index (χ0) is 13.0. The van der Waals surface area contributed by atoms with Gasteiger partial charge in [0.25, 0.3) is 0 Å². The molecule has 0 aromatic carbocycles. The molecule has 1 aromatic heterocycles. The van der Waals surface area contributed by atoms with Crippen LogP contribution in [0.4, 0.5) is 5.95 Å². The fourth-order valence-corrected chi connectivity index (χ4v) is 1.34. The molecule has 0 fully saturated rings. The molecule has 0 atom stereocenters. The first kappa shape index (κ1) is 13.4. The highest BCUT2D eigenvalue weighted by Gasteiger charge is 2.18. The Labute approximate surface area is 104 Å². The lowest BCUT2D eigenvalue weighted by molar-refractivity contribution is -0.116. The molecule has 7 nitrogen and oxygen atoms in total. The van der Waals surface area contributed by atoms with Crippen molar-refractivity contribution in [3.63, 3.8) is 0 Å². The predicted molar refractivity (Wildman–Crippen MR) is 63.1 cm³/mol. The van der Waals surface area contributed by atoms with E-state index in [1.807, 2.05) is 13.8 Å². The van der Waals surface area contributed by atoms with E-state index in [0.29, 0.717) is 0 Å². The number of amides is 1. The molecule has 1 rings (SSSR count). The average Bonchev–Trinajstić information content (AvgIpc) is 2.24. The van der Waals surface area contributed by atoms with Crippen molar-refractivity contribution in [2.24, 2.45) is 5.73 Å². The third-order valence-electron chi connectivity index (χ3n) is 1.96. The summed E-state index contributed by atoms with van der Waals surface area (Å²) in [5, 5.41) is 0.00182. The van der Waals surface area contributed by atoms with Crippen molar-refractivity contribution < 1.29 is 9.53 Å². The maximum Gasteiger partial charge on any atom is 0.322 e. The van der Waals surface area contributed by atoms with Gasteiger partial charge in [0, 0.05) is 6.04 Å². The second-order valence-corrected chi connectivity index (χ2v) is 3.92. The number of halogens is 1. The maximum atomic E-state index is 11.0. The van der Waals surface area contributed by atoms with Crippen LogP contribution in [-0.4, -0.2) is 40.6 Å². The molecular weight excluding hydrogens is 246 g/mol. The molecule has 0 aliphatic carbocycles. The predicted octanol–water partition coefficient (Wildman–Crippen LogP) is 0.234. The first-order chi connectivity index (χ1) is 7.93. The van der Waals surface area contributed by atoms with Gasteiger partial charge >= 0.3 is 6.01 Å². The molecule has 8 heteroatoms. The molecule has 0 spiro atoms. The molecule has 0 aliphatic heterocycles. The monoisotopic (exact) mass is 259 g/mol. The van der Waals surface area contributed by atoms with Gasteiger partial charge in [-0.15, -0.1) is 0 Å². The van der Waals surface area contributed by atoms with Crippen molar-refractivity contribution in [3.8, 4) is 6.01 Å². The van der Waals surface area contributed by atoms with Gasteiger partial charge in [-0.3, -0.25) is 4.79 Å². The summed E-state index contributed by atoms with van der Waals surface area (Å²) < 4.78 is 4.88. The van der Waals surface area contributed by atoms with Gasteiger partial charge in [-0.05, 0) is 25.4 Å². The van der Waals surface area contributed by atoms with E-state index in [0.717, 1.165) is 0 Å². The first-order valence-corrected chi connectivity index (χ1v) is 5.32. The summed E-state index contributed by atoms with van der Waals surface area (Å²) in [6.07, 6.45) is 0. The van der Waals surface area contributed by atoms with Crippen molar-refractivity contribution in [2.45, 2.75) is 19.9 Å². The van der Waals surface area contributed by atoms with Gasteiger partial charge in [-0.1, -0.05) is 0 Å². The van der Waals surface area contributed by atoms with E-state index in [2.05, 4.69) is 15.0 Å². The van der Waals surface area contributed by atoms with Crippen molar-refractivity contribution in [2.75, 3.05) is 18.6 Å². The molecule has 0 aliphatic rings. The van der Waals surface area contributed by atoms with E-state index >= 15 is 0 Å². The Morgan fingerprint density at radius 2 is 2.12 bits per heavy atom. The summed E-state index contributed by atoms with van der Waals surface area (Å²) in [5.74, 6) is -0.218. The second kappa shape index (κ2) is 5.62. The quantitative estimate of drug-likeness (QED) is 0.814. The molecule has 2 N–H and O–H groups in total. The van der Waals surface area contributed by atoms with E-state index in [1.54, 1.807) is 4.90 Å². The Bertz CT molecular complexity index is 412. The number of hydrogen-bond donors (Lipinski definition) is 1. The van der Waals surface area contributed by atoms with Crippen LogP contribution in [0.2, 0.25) is 5.28 Å². The van der Waals surface area contributed by atoms with Crippen molar-refractivity contribution in [1.29, 1.82) is 0 Å². The lowest BCUT2D eigenvalue weighted by Crippen LogP contribution is -2.39. The largest absolute Gasteiger partial charge is 0.467 e. The lowest BCUT2D eigenvalue weighted by Gasteiger charge is -2.25. The number of carbonyl (C=O) groups is 1. The van der Waals surface area contributed by atoms with Gasteiger partial charge in [-0.2, -0.15) is 15.0 Å². The zero-order valence-corrected chi connectivity index (χ0v) is 10.6. The molecule has 1 heterocycles. The molecule has 94 valence electrons. The summed E-state index contributed by atoms with van der Waals surface area (Å²) >= 11 is 5.73. The van der Waals surface area contributed by atoms with E-state index in [1.165, 1.54) is 7.11 Å². The topological polar surface area (TPSA) is 94.2 Å². The molecule has 0 saturated carbocycles. The summed E-state index contributed by atoms with van der Waals surface area (Å²) in [5.41, 5.74) is 5.16. The van der Waals surface area contributed by atoms with E-state index in [9.17, 15) is 4.79 Å². The standard InChI is InChI=1S/C9H14ClN5O2/c1-5(2)15(4-6(11)16)8-12-7(10)13-9(14-8)17-3/h5H,4H2,1-3H3,(H2,11,16). The van der Waals surface area contributed by atoms with E-state index < -0.39 is 5.91 Å². The third kappa shape index (κ3) is 3.70. The van der Waals surface area contributed by atoms with Crippen LogP contribution in [0.3, 0.4) is 0 Å². The van der Waals surface area contributed by atoms with Gasteiger partial charge < -0.3 is 15.4 Å². The number of rotatable bonds is 5. The van der Waals surface area contributed by atoms with Crippen LogP contribution < -0.4 is 15.4 Å². The van der Waals surface area contributed by atoms with Gasteiger partial charge in [-0.25, -0.2) is 0 Å². The van der Waals surface area contributed by atoms with Crippen LogP contribution in [0.25, 0.3) is 0 Å². The van der Waals surface area contributed by atoms with Crippen LogP contribution in [0, 0.1) is 0 Å². The van der Waals surface area contributed by atoms with Crippen molar-refractivity contribution in [3.05, 3.63) is 5.28 Å². The average molecular weight is 260 g/mol. The number of nitrogens with zero attached hydrogens (tertiary/aromatic N) is 4. The minimum absolute atomic E-state index is 0.00115. The lowest BCUT2D eigenvalue weighted by atomic mass is 10.3. The van der Waals surface area contributed by atoms with E-state index in [4.69, 9.17) is 22.1 Å². The molecule has 0 radical (unpaired) electrons. The van der Waals surface area contributed by atoms with Gasteiger partial charge in [0.1, 0.15) is 0 Å². The number of nitrogens with two attached hydrogens (primary N) is 1. The van der Waals surface area contributed by atoms with Crippen LogP contribution in [0.15, 0.2) is 0 Å². The SMILES string of the molecule is COc1nc(Cl)nc(N(CC(N)=O)C(C)C)n1. The Morgan fingerprint density at radius 3 is 2.59 bits per heavy atom. The van der Waals surface area contributed by atoms with Gasteiger partial charge in [0.15, 0.2) is 0 Å². The Morgan fingerprint density at radius 1 is 1.47 bits per heavy atom. The normalized spacial score (nSPS) is 10.4. The second-order valence-electron chi connectivity index (χ2n) is 3.58. The highest BCUT2D eigenvalue weighted by atomic mass is 35.5. The van der Waals surface area contributed by atoms with Crippen LogP contribution in [-0.2, 0) is 4.79 Å². The number of ether oxygens (including phenoxy) is 1. The highest BCUT2D eigenvalue weighted by Crippen LogP contribution is 2.16. The Kier molecular flexibility index (Phi) is 4.45. The smallest absolute Gasteiger partial charge is 0.322 e. The number of anilines is 1. The Hall–Kier alpha value is -1.63. The van der Waals surface area contributed by atoms with Crippen molar-refractivity contribution in [1.82, 2.24) is 15.0 Å². The minimum atomic E-state index is -0.478. The number of hydrogen-bond acceptors (Lipinski definition) is 6. The molecule has 0 saturated heterocycles. The fraction of sp³-hybridized carbons (Fsp3) is 0.556. The summed E-state index contributed by atoms with van der Waals surface area (Å²) in [6.45, 7) is 3.77. The maximum absolute atomic E-state index is 11.0. The minimum Gasteiger partial charge on any atom is -0.467 e. The molecule has 1 amide bonds.